The highest BCUT2D eigenvalue weighted by atomic mass is 16.6. The molecule has 0 aromatic heterocycles. The van der Waals surface area contributed by atoms with Crippen molar-refractivity contribution in [1.29, 1.82) is 0 Å². The lowest BCUT2D eigenvalue weighted by Crippen LogP contribution is -2.56. The van der Waals surface area contributed by atoms with Gasteiger partial charge in [-0.2, -0.15) is 0 Å². The van der Waals surface area contributed by atoms with Crippen molar-refractivity contribution in [2.75, 3.05) is 50.7 Å². The maximum absolute atomic E-state index is 12.2. The summed E-state index contributed by atoms with van der Waals surface area (Å²) in [6, 6.07) is 8.39. The van der Waals surface area contributed by atoms with Crippen LogP contribution in [-0.2, 0) is 9.53 Å². The molecule has 3 rings (SSSR count). The summed E-state index contributed by atoms with van der Waals surface area (Å²) in [7, 11) is 0. The van der Waals surface area contributed by atoms with Gasteiger partial charge < -0.3 is 20.6 Å². The molecule has 2 aliphatic rings. The van der Waals surface area contributed by atoms with Crippen LogP contribution >= 0.6 is 0 Å². The number of rotatable bonds is 5. The zero-order valence-electron chi connectivity index (χ0n) is 19.3. The van der Waals surface area contributed by atoms with E-state index in [0.29, 0.717) is 18.5 Å². The number of hydrogen-bond donors (Lipinski definition) is 2. The van der Waals surface area contributed by atoms with Crippen molar-refractivity contribution >= 4 is 17.5 Å². The number of nitrogens with zero attached hydrogens (tertiary/aromatic N) is 4. The van der Waals surface area contributed by atoms with Crippen LogP contribution in [0.2, 0.25) is 0 Å². The van der Waals surface area contributed by atoms with E-state index in [1.54, 1.807) is 0 Å². The summed E-state index contributed by atoms with van der Waals surface area (Å²) in [5.41, 5.74) is 7.10. The van der Waals surface area contributed by atoms with Gasteiger partial charge in [0.05, 0.1) is 6.54 Å². The third-order valence-corrected chi connectivity index (χ3v) is 6.14. The fourth-order valence-electron chi connectivity index (χ4n) is 4.67. The van der Waals surface area contributed by atoms with Crippen molar-refractivity contribution in [2.24, 2.45) is 16.8 Å². The fourth-order valence-corrected chi connectivity index (χ4v) is 4.67. The molecule has 0 bridgehead atoms. The monoisotopic (exact) mass is 431 g/mol. The van der Waals surface area contributed by atoms with Gasteiger partial charge in [0.25, 0.3) is 0 Å². The Kier molecular flexibility index (Phi) is 7.43. The second-order valence-corrected chi connectivity index (χ2v) is 9.71. The number of carbonyl (C=O) groups is 1. The minimum absolute atomic E-state index is 0.128. The predicted octanol–water partition coefficient (Wildman–Crippen LogP) is 1.96. The van der Waals surface area contributed by atoms with E-state index in [9.17, 15) is 4.79 Å². The van der Waals surface area contributed by atoms with E-state index in [-0.39, 0.29) is 11.8 Å². The molecule has 2 saturated heterocycles. The molecule has 172 valence electrons. The molecule has 1 aromatic carbocycles. The average molecular weight is 432 g/mol. The number of carbonyl (C=O) groups excluding carboxylic acids is 1. The number of benzene rings is 1. The number of amidine groups is 1. The molecule has 2 aliphatic heterocycles. The summed E-state index contributed by atoms with van der Waals surface area (Å²) >= 11 is 0. The van der Waals surface area contributed by atoms with Crippen molar-refractivity contribution in [3.8, 4) is 0 Å². The number of oxime groups is 1. The number of anilines is 1. The van der Waals surface area contributed by atoms with Crippen LogP contribution in [-0.4, -0.2) is 84.3 Å². The summed E-state index contributed by atoms with van der Waals surface area (Å²) in [5.74, 6) is 0.510. The van der Waals surface area contributed by atoms with Gasteiger partial charge in [-0.25, -0.2) is 0 Å². The summed E-state index contributed by atoms with van der Waals surface area (Å²) in [4.78, 5) is 19.4. The summed E-state index contributed by atoms with van der Waals surface area (Å²) in [5, 5.41) is 11.9. The molecular weight excluding hydrogens is 394 g/mol. The van der Waals surface area contributed by atoms with Crippen LogP contribution in [0.15, 0.2) is 29.4 Å². The van der Waals surface area contributed by atoms with Gasteiger partial charge in [0.1, 0.15) is 5.60 Å². The molecule has 0 unspecified atom stereocenters. The SMILES string of the molecule is C[C@H]1CN(CC(=O)OC(C)(C)C)CC[C@H]1N1CCN(c2ccc(C(N)=NO)cc2)CC1. The van der Waals surface area contributed by atoms with Gasteiger partial charge in [-0.15, -0.1) is 0 Å². The highest BCUT2D eigenvalue weighted by molar-refractivity contribution is 5.97. The van der Waals surface area contributed by atoms with Gasteiger partial charge in [0, 0.05) is 56.6 Å². The molecule has 2 atom stereocenters. The van der Waals surface area contributed by atoms with Crippen molar-refractivity contribution in [1.82, 2.24) is 9.80 Å². The maximum atomic E-state index is 12.2. The number of piperidine rings is 1. The Morgan fingerprint density at radius 2 is 1.81 bits per heavy atom. The Morgan fingerprint density at radius 1 is 1.16 bits per heavy atom. The first kappa shape index (κ1) is 23.3. The van der Waals surface area contributed by atoms with Gasteiger partial charge in [-0.3, -0.25) is 14.6 Å². The van der Waals surface area contributed by atoms with E-state index in [4.69, 9.17) is 15.7 Å². The number of esters is 1. The fraction of sp³-hybridized carbons (Fsp3) is 0.652. The molecule has 31 heavy (non-hydrogen) atoms. The van der Waals surface area contributed by atoms with Crippen LogP contribution < -0.4 is 10.6 Å². The van der Waals surface area contributed by atoms with Gasteiger partial charge in [-0.05, 0) is 57.4 Å². The quantitative estimate of drug-likeness (QED) is 0.242. The van der Waals surface area contributed by atoms with E-state index in [2.05, 4.69) is 26.8 Å². The lowest BCUT2D eigenvalue weighted by Gasteiger charge is -2.46. The second-order valence-electron chi connectivity index (χ2n) is 9.71. The molecule has 1 aromatic rings. The second kappa shape index (κ2) is 9.87. The topological polar surface area (TPSA) is 94.6 Å². The Morgan fingerprint density at radius 3 is 2.35 bits per heavy atom. The Labute approximate surface area is 185 Å². The van der Waals surface area contributed by atoms with Gasteiger partial charge in [0.2, 0.25) is 0 Å². The van der Waals surface area contributed by atoms with Crippen molar-refractivity contribution in [3.63, 3.8) is 0 Å². The van der Waals surface area contributed by atoms with E-state index >= 15 is 0 Å². The van der Waals surface area contributed by atoms with Crippen LogP contribution in [0.4, 0.5) is 5.69 Å². The smallest absolute Gasteiger partial charge is 0.320 e. The summed E-state index contributed by atoms with van der Waals surface area (Å²) in [6.07, 6.45) is 1.08. The lowest BCUT2D eigenvalue weighted by molar-refractivity contribution is -0.156. The van der Waals surface area contributed by atoms with Crippen LogP contribution in [0, 0.1) is 5.92 Å². The number of ether oxygens (including phenoxy) is 1. The maximum Gasteiger partial charge on any atom is 0.320 e. The molecule has 8 nitrogen and oxygen atoms in total. The number of likely N-dealkylation sites (tertiary alicyclic amines) is 1. The van der Waals surface area contributed by atoms with Gasteiger partial charge >= 0.3 is 5.97 Å². The molecular formula is C23H37N5O3. The van der Waals surface area contributed by atoms with E-state index in [1.807, 2.05) is 45.0 Å². The molecule has 8 heteroatoms. The van der Waals surface area contributed by atoms with Gasteiger partial charge in [-0.1, -0.05) is 12.1 Å². The predicted molar refractivity (Wildman–Crippen MR) is 123 cm³/mol. The van der Waals surface area contributed by atoms with Gasteiger partial charge in [0.15, 0.2) is 5.84 Å². The van der Waals surface area contributed by atoms with E-state index < -0.39 is 5.60 Å². The van der Waals surface area contributed by atoms with Crippen LogP contribution in [0.5, 0.6) is 0 Å². The lowest BCUT2D eigenvalue weighted by atomic mass is 9.91. The molecule has 0 saturated carbocycles. The first-order valence-electron chi connectivity index (χ1n) is 11.2. The Hall–Kier alpha value is -2.32. The highest BCUT2D eigenvalue weighted by Gasteiger charge is 2.33. The standard InChI is InChI=1S/C23H37N5O3/c1-17-15-26(16-21(29)31-23(2,3)4)10-9-20(17)28-13-11-27(12-14-28)19-7-5-18(6-8-19)22(24)25-30/h5-8,17,20,30H,9-16H2,1-4H3,(H2,24,25)/t17-,20+/m0/s1. The molecule has 2 heterocycles. The first-order chi connectivity index (χ1) is 14.7. The average Bonchev–Trinajstić information content (AvgIpc) is 2.72. The third-order valence-electron chi connectivity index (χ3n) is 6.14. The number of piperazine rings is 1. The van der Waals surface area contributed by atoms with Crippen molar-refractivity contribution in [2.45, 2.75) is 45.8 Å². The van der Waals surface area contributed by atoms with E-state index in [1.165, 1.54) is 0 Å². The molecule has 3 N–H and O–H groups in total. The van der Waals surface area contributed by atoms with Crippen LogP contribution in [0.1, 0.15) is 39.7 Å². The van der Waals surface area contributed by atoms with Crippen molar-refractivity contribution < 1.29 is 14.7 Å². The number of nitrogens with two attached hydrogens (primary N) is 1. The molecule has 0 aliphatic carbocycles. The van der Waals surface area contributed by atoms with Crippen LogP contribution in [0.3, 0.4) is 0 Å². The van der Waals surface area contributed by atoms with Crippen LogP contribution in [0.25, 0.3) is 0 Å². The Balaban J connectivity index is 1.47. The first-order valence-corrected chi connectivity index (χ1v) is 11.2. The molecule has 2 fully saturated rings. The number of hydrogen-bond acceptors (Lipinski definition) is 7. The molecule has 0 radical (unpaired) electrons. The normalized spacial score (nSPS) is 24.3. The van der Waals surface area contributed by atoms with E-state index in [0.717, 1.165) is 56.9 Å². The Bertz CT molecular complexity index is 766. The summed E-state index contributed by atoms with van der Waals surface area (Å²) in [6.45, 7) is 14.3. The zero-order chi connectivity index (χ0) is 22.6. The summed E-state index contributed by atoms with van der Waals surface area (Å²) < 4.78 is 5.48. The molecule has 0 spiro atoms. The largest absolute Gasteiger partial charge is 0.459 e. The highest BCUT2D eigenvalue weighted by Crippen LogP contribution is 2.25. The minimum Gasteiger partial charge on any atom is -0.459 e. The third kappa shape index (κ3) is 6.33. The minimum atomic E-state index is -0.431. The molecule has 0 amide bonds. The zero-order valence-corrected chi connectivity index (χ0v) is 19.3. The van der Waals surface area contributed by atoms with Crippen molar-refractivity contribution in [3.05, 3.63) is 29.8 Å².